The van der Waals surface area contributed by atoms with Crippen LogP contribution in [0.15, 0.2) is 51.8 Å². The number of anilines is 2. The Bertz CT molecular complexity index is 1070. The molecule has 0 unspecified atom stereocenters. The third-order valence-corrected chi connectivity index (χ3v) is 4.60. The van der Waals surface area contributed by atoms with Crippen molar-refractivity contribution >= 4 is 28.4 Å². The Kier molecular flexibility index (Phi) is 4.94. The molecule has 8 heteroatoms. The number of benzene rings is 1. The standard InChI is InChI=1S/C20H19N3O5/c1-26-16-6-2-4-13-12-14(20(25)28-17(13)16)19(24)22-15-5-3-7-21-18(15)23-8-10-27-11-9-23/h2-7,12H,8-11H2,1H3,(H,22,24)/p+1. The van der Waals surface area contributed by atoms with Crippen molar-refractivity contribution in [3.63, 3.8) is 0 Å². The average Bonchev–Trinajstić information content (AvgIpc) is 2.74. The van der Waals surface area contributed by atoms with Crippen LogP contribution < -0.4 is 25.6 Å². The number of aromatic nitrogens is 1. The summed E-state index contributed by atoms with van der Waals surface area (Å²) in [5.74, 6) is 0.674. The van der Waals surface area contributed by atoms with Crippen LogP contribution in [0.5, 0.6) is 5.75 Å². The van der Waals surface area contributed by atoms with Crippen molar-refractivity contribution in [2.24, 2.45) is 0 Å². The highest BCUT2D eigenvalue weighted by Gasteiger charge is 2.25. The zero-order valence-electron chi connectivity index (χ0n) is 15.4. The largest absolute Gasteiger partial charge is 0.493 e. The minimum absolute atomic E-state index is 0.0717. The first-order chi connectivity index (χ1) is 13.7. The van der Waals surface area contributed by atoms with E-state index in [0.29, 0.717) is 48.7 Å². The normalized spacial score (nSPS) is 14.1. The van der Waals surface area contributed by atoms with E-state index in [9.17, 15) is 9.59 Å². The molecular weight excluding hydrogens is 362 g/mol. The van der Waals surface area contributed by atoms with Gasteiger partial charge >= 0.3 is 5.63 Å². The zero-order valence-corrected chi connectivity index (χ0v) is 15.4. The van der Waals surface area contributed by atoms with Crippen LogP contribution in [0.1, 0.15) is 10.4 Å². The molecule has 1 saturated heterocycles. The molecule has 0 atom stereocenters. The highest BCUT2D eigenvalue weighted by Crippen LogP contribution is 2.25. The first-order valence-electron chi connectivity index (χ1n) is 8.93. The summed E-state index contributed by atoms with van der Waals surface area (Å²) in [7, 11) is 1.49. The van der Waals surface area contributed by atoms with Crippen LogP contribution in [0.25, 0.3) is 11.0 Å². The van der Waals surface area contributed by atoms with Gasteiger partial charge in [0.15, 0.2) is 11.3 Å². The van der Waals surface area contributed by atoms with Crippen LogP contribution in [0.2, 0.25) is 0 Å². The van der Waals surface area contributed by atoms with Crippen molar-refractivity contribution < 1.29 is 23.7 Å². The van der Waals surface area contributed by atoms with Crippen molar-refractivity contribution in [1.29, 1.82) is 0 Å². The number of nitrogens with zero attached hydrogens (tertiary/aromatic N) is 1. The van der Waals surface area contributed by atoms with Crippen molar-refractivity contribution in [1.82, 2.24) is 0 Å². The summed E-state index contributed by atoms with van der Waals surface area (Å²) in [6.07, 6.45) is 1.79. The molecule has 8 nitrogen and oxygen atoms in total. The second kappa shape index (κ2) is 7.69. The second-order valence-electron chi connectivity index (χ2n) is 6.31. The minimum atomic E-state index is -0.720. The predicted molar refractivity (Wildman–Crippen MR) is 103 cm³/mol. The monoisotopic (exact) mass is 382 g/mol. The molecule has 1 aliphatic rings. The third kappa shape index (κ3) is 3.41. The summed E-state index contributed by atoms with van der Waals surface area (Å²) in [6.45, 7) is 2.65. The van der Waals surface area contributed by atoms with Crippen molar-refractivity contribution in [3.05, 3.63) is 58.6 Å². The molecule has 0 saturated carbocycles. The maximum atomic E-state index is 12.8. The molecular formula is C20H20N3O5+. The maximum absolute atomic E-state index is 12.8. The Morgan fingerprint density at radius 2 is 2.04 bits per heavy atom. The average molecular weight is 382 g/mol. The molecule has 28 heavy (non-hydrogen) atoms. The predicted octanol–water partition coefficient (Wildman–Crippen LogP) is 1.70. The number of rotatable bonds is 4. The van der Waals surface area contributed by atoms with E-state index in [-0.39, 0.29) is 5.56 Å². The quantitative estimate of drug-likeness (QED) is 0.690. The second-order valence-corrected chi connectivity index (χ2v) is 6.31. The van der Waals surface area contributed by atoms with Gasteiger partial charge in [-0.1, -0.05) is 12.1 Å². The van der Waals surface area contributed by atoms with E-state index in [2.05, 4.69) is 15.2 Å². The minimum Gasteiger partial charge on any atom is -0.493 e. The fourth-order valence-corrected chi connectivity index (χ4v) is 3.20. The smallest absolute Gasteiger partial charge is 0.349 e. The van der Waals surface area contributed by atoms with E-state index in [1.54, 1.807) is 36.5 Å². The van der Waals surface area contributed by atoms with E-state index in [1.807, 2.05) is 0 Å². The summed E-state index contributed by atoms with van der Waals surface area (Å²) in [5, 5.41) is 3.42. The van der Waals surface area contributed by atoms with Crippen LogP contribution in [0.4, 0.5) is 11.5 Å². The summed E-state index contributed by atoms with van der Waals surface area (Å²) in [6, 6.07) is 10.3. The van der Waals surface area contributed by atoms with Crippen LogP contribution in [-0.4, -0.2) is 39.3 Å². The lowest BCUT2D eigenvalue weighted by molar-refractivity contribution is -0.363. The number of pyridine rings is 1. The topological polar surface area (TPSA) is 95.1 Å². The van der Waals surface area contributed by atoms with Gasteiger partial charge in [-0.3, -0.25) is 9.69 Å². The van der Waals surface area contributed by atoms with E-state index in [1.165, 1.54) is 13.2 Å². The number of carbonyl (C=O) groups excluding carboxylic acids is 1. The Morgan fingerprint density at radius 1 is 1.21 bits per heavy atom. The van der Waals surface area contributed by atoms with Gasteiger partial charge in [0.05, 0.1) is 26.5 Å². The van der Waals surface area contributed by atoms with E-state index in [0.717, 1.165) is 5.82 Å². The zero-order chi connectivity index (χ0) is 19.5. The summed E-state index contributed by atoms with van der Waals surface area (Å²) in [5.41, 5.74) is 0.105. The van der Waals surface area contributed by atoms with Gasteiger partial charge in [0.2, 0.25) is 0 Å². The van der Waals surface area contributed by atoms with Gasteiger partial charge in [-0.2, -0.15) is 0 Å². The first kappa shape index (κ1) is 18.0. The van der Waals surface area contributed by atoms with Crippen LogP contribution in [0, 0.1) is 0 Å². The number of amides is 1. The number of fused-ring (bicyclic) bond motifs is 1. The Morgan fingerprint density at radius 3 is 2.82 bits per heavy atom. The molecule has 0 spiro atoms. The van der Waals surface area contributed by atoms with Crippen molar-refractivity contribution in [2.45, 2.75) is 0 Å². The molecule has 0 radical (unpaired) electrons. The van der Waals surface area contributed by atoms with Crippen LogP contribution in [-0.2, 0) is 4.74 Å². The molecule has 1 fully saturated rings. The first-order valence-corrected chi connectivity index (χ1v) is 8.93. The highest BCUT2D eigenvalue weighted by molar-refractivity contribution is 6.06. The summed E-state index contributed by atoms with van der Waals surface area (Å²) >= 11 is 0. The molecule has 144 valence electrons. The molecule has 3 heterocycles. The highest BCUT2D eigenvalue weighted by atomic mass is 16.5. The number of hydrogen-bond donors (Lipinski definition) is 1. The van der Waals surface area contributed by atoms with E-state index < -0.39 is 11.5 Å². The number of aromatic amines is 1. The molecule has 0 aliphatic carbocycles. The fraction of sp³-hybridized carbons (Fsp3) is 0.250. The summed E-state index contributed by atoms with van der Waals surface area (Å²) < 4.78 is 15.9. The molecule has 4 rings (SSSR count). The number of para-hydroxylation sites is 1. The number of carbonyl (C=O) groups is 1. The van der Waals surface area contributed by atoms with Gasteiger partial charge in [0.25, 0.3) is 11.7 Å². The lowest BCUT2D eigenvalue weighted by atomic mass is 10.1. The lowest BCUT2D eigenvalue weighted by Gasteiger charge is -2.22. The van der Waals surface area contributed by atoms with Gasteiger partial charge in [0.1, 0.15) is 24.3 Å². The third-order valence-electron chi connectivity index (χ3n) is 4.60. The van der Waals surface area contributed by atoms with E-state index >= 15 is 0 Å². The molecule has 1 aromatic carbocycles. The van der Waals surface area contributed by atoms with Gasteiger partial charge in [-0.25, -0.2) is 9.78 Å². The number of methoxy groups -OCH3 is 1. The number of morpholine rings is 1. The number of hydrogen-bond acceptors (Lipinski definition) is 6. The Balaban J connectivity index is 1.66. The summed E-state index contributed by atoms with van der Waals surface area (Å²) in [4.78, 5) is 30.5. The molecule has 2 N–H and O–H groups in total. The molecule has 1 amide bonds. The van der Waals surface area contributed by atoms with Gasteiger partial charge < -0.3 is 19.2 Å². The Hall–Kier alpha value is -3.39. The van der Waals surface area contributed by atoms with E-state index in [4.69, 9.17) is 13.9 Å². The Labute approximate surface area is 160 Å². The molecule has 3 aromatic rings. The maximum Gasteiger partial charge on any atom is 0.349 e. The lowest BCUT2D eigenvalue weighted by Crippen LogP contribution is -2.40. The molecule has 0 bridgehead atoms. The van der Waals surface area contributed by atoms with Gasteiger partial charge in [0, 0.05) is 5.39 Å². The molecule has 1 aliphatic heterocycles. The SMILES string of the molecule is COc1cccc2cc(C(=O)Nc3ccc[nH+]c3N3CCOCC3)c(=O)oc12. The molecule has 2 aromatic heterocycles. The number of nitrogens with one attached hydrogen (secondary N) is 2. The fourth-order valence-electron chi connectivity index (χ4n) is 3.20. The number of H-pyrrole nitrogens is 1. The van der Waals surface area contributed by atoms with Crippen LogP contribution in [0.3, 0.4) is 0 Å². The van der Waals surface area contributed by atoms with Crippen molar-refractivity contribution in [2.75, 3.05) is 43.6 Å². The van der Waals surface area contributed by atoms with Crippen molar-refractivity contribution in [3.8, 4) is 5.75 Å². The number of ether oxygens (including phenoxy) is 2. The van der Waals surface area contributed by atoms with Gasteiger partial charge in [-0.05, 0) is 24.3 Å². The van der Waals surface area contributed by atoms with Crippen LogP contribution >= 0.6 is 0 Å². The van der Waals surface area contributed by atoms with Gasteiger partial charge in [-0.15, -0.1) is 0 Å².